The second-order valence-electron chi connectivity index (χ2n) is 4.00. The number of nitrogens with one attached hydrogen (secondary N) is 1. The van der Waals surface area contributed by atoms with E-state index >= 15 is 0 Å². The van der Waals surface area contributed by atoms with E-state index in [1.165, 1.54) is 0 Å². The minimum atomic E-state index is -0.795. The first-order chi connectivity index (χ1) is 8.18. The van der Waals surface area contributed by atoms with E-state index in [2.05, 4.69) is 10.3 Å². The molecule has 0 aliphatic rings. The molecule has 1 aromatic heterocycles. The van der Waals surface area contributed by atoms with Gasteiger partial charge in [-0.25, -0.2) is 0 Å². The fourth-order valence-corrected chi connectivity index (χ4v) is 1.60. The molecule has 0 bridgehead atoms. The molecule has 0 aliphatic heterocycles. The maximum Gasteiger partial charge on any atom is 0.308 e. The highest BCUT2D eigenvalue weighted by atomic mass is 16.4. The largest absolute Gasteiger partial charge is 0.481 e. The molecule has 2 rings (SSSR count). The van der Waals surface area contributed by atoms with E-state index in [0.29, 0.717) is 6.54 Å². The van der Waals surface area contributed by atoms with E-state index < -0.39 is 11.9 Å². The Morgan fingerprint density at radius 1 is 1.41 bits per heavy atom. The lowest BCUT2D eigenvalue weighted by Crippen LogP contribution is -2.19. The second kappa shape index (κ2) is 4.82. The van der Waals surface area contributed by atoms with Crippen LogP contribution in [0.25, 0.3) is 10.9 Å². The SMILES string of the molecule is CC(CNc1ccnc2ccccc12)C(=O)O. The van der Waals surface area contributed by atoms with Crippen molar-refractivity contribution in [3.05, 3.63) is 36.5 Å². The van der Waals surface area contributed by atoms with Gasteiger partial charge in [-0.3, -0.25) is 9.78 Å². The summed E-state index contributed by atoms with van der Waals surface area (Å²) in [6.07, 6.45) is 1.72. The maximum atomic E-state index is 10.7. The van der Waals surface area contributed by atoms with Crippen LogP contribution in [0.3, 0.4) is 0 Å². The Labute approximate surface area is 99.3 Å². The van der Waals surface area contributed by atoms with Crippen LogP contribution in [-0.4, -0.2) is 22.6 Å². The van der Waals surface area contributed by atoms with Gasteiger partial charge in [0.15, 0.2) is 0 Å². The van der Waals surface area contributed by atoms with E-state index in [1.54, 1.807) is 13.1 Å². The second-order valence-corrected chi connectivity index (χ2v) is 4.00. The van der Waals surface area contributed by atoms with Gasteiger partial charge < -0.3 is 10.4 Å². The van der Waals surface area contributed by atoms with Crippen molar-refractivity contribution in [3.63, 3.8) is 0 Å². The summed E-state index contributed by atoms with van der Waals surface area (Å²) >= 11 is 0. The molecule has 0 aliphatic carbocycles. The molecule has 1 atom stereocenters. The Morgan fingerprint density at radius 2 is 2.18 bits per heavy atom. The lowest BCUT2D eigenvalue weighted by Gasteiger charge is -2.11. The van der Waals surface area contributed by atoms with Gasteiger partial charge in [0.1, 0.15) is 0 Å². The van der Waals surface area contributed by atoms with Crippen LogP contribution < -0.4 is 5.32 Å². The molecule has 1 heterocycles. The van der Waals surface area contributed by atoms with E-state index in [0.717, 1.165) is 16.6 Å². The van der Waals surface area contributed by atoms with Crippen molar-refractivity contribution in [2.24, 2.45) is 5.92 Å². The zero-order valence-electron chi connectivity index (χ0n) is 9.55. The summed E-state index contributed by atoms with van der Waals surface area (Å²) in [7, 11) is 0. The third kappa shape index (κ3) is 2.53. The van der Waals surface area contributed by atoms with Gasteiger partial charge in [0, 0.05) is 23.8 Å². The van der Waals surface area contributed by atoms with Crippen LogP contribution in [0.4, 0.5) is 5.69 Å². The lowest BCUT2D eigenvalue weighted by atomic mass is 10.1. The van der Waals surface area contributed by atoms with Crippen LogP contribution in [0.5, 0.6) is 0 Å². The number of para-hydroxylation sites is 1. The van der Waals surface area contributed by atoms with Crippen molar-refractivity contribution < 1.29 is 9.90 Å². The highest BCUT2D eigenvalue weighted by molar-refractivity contribution is 5.91. The topological polar surface area (TPSA) is 62.2 Å². The predicted octanol–water partition coefficient (Wildman–Crippen LogP) is 2.37. The molecule has 17 heavy (non-hydrogen) atoms. The number of pyridine rings is 1. The summed E-state index contributed by atoms with van der Waals surface area (Å²) in [4.78, 5) is 15.0. The van der Waals surface area contributed by atoms with Gasteiger partial charge >= 0.3 is 5.97 Å². The average Bonchev–Trinajstić information content (AvgIpc) is 2.35. The normalized spacial score (nSPS) is 12.3. The predicted molar refractivity (Wildman–Crippen MR) is 67.0 cm³/mol. The average molecular weight is 230 g/mol. The third-order valence-corrected chi connectivity index (χ3v) is 2.67. The van der Waals surface area contributed by atoms with Gasteiger partial charge in [0.2, 0.25) is 0 Å². The number of aliphatic carboxylic acids is 1. The first-order valence-electron chi connectivity index (χ1n) is 5.49. The number of hydrogen-bond donors (Lipinski definition) is 2. The first kappa shape index (κ1) is 11.4. The summed E-state index contributed by atoms with van der Waals surface area (Å²) in [6.45, 7) is 2.09. The van der Waals surface area contributed by atoms with Gasteiger partial charge in [-0.1, -0.05) is 25.1 Å². The van der Waals surface area contributed by atoms with Crippen molar-refractivity contribution in [3.8, 4) is 0 Å². The molecular weight excluding hydrogens is 216 g/mol. The molecule has 0 fully saturated rings. The quantitative estimate of drug-likeness (QED) is 0.846. The molecule has 0 saturated carbocycles. The zero-order chi connectivity index (χ0) is 12.3. The Morgan fingerprint density at radius 3 is 2.94 bits per heavy atom. The number of carbonyl (C=O) groups is 1. The highest BCUT2D eigenvalue weighted by Gasteiger charge is 2.10. The zero-order valence-corrected chi connectivity index (χ0v) is 9.55. The number of aromatic nitrogens is 1. The summed E-state index contributed by atoms with van der Waals surface area (Å²) in [5.41, 5.74) is 1.82. The fourth-order valence-electron chi connectivity index (χ4n) is 1.60. The highest BCUT2D eigenvalue weighted by Crippen LogP contribution is 2.20. The first-order valence-corrected chi connectivity index (χ1v) is 5.49. The Bertz CT molecular complexity index is 534. The molecule has 0 radical (unpaired) electrons. The van der Waals surface area contributed by atoms with Crippen molar-refractivity contribution >= 4 is 22.6 Å². The Balaban J connectivity index is 2.21. The van der Waals surface area contributed by atoms with Crippen LogP contribution in [0.1, 0.15) is 6.92 Å². The fraction of sp³-hybridized carbons (Fsp3) is 0.231. The third-order valence-electron chi connectivity index (χ3n) is 2.67. The number of hydrogen-bond acceptors (Lipinski definition) is 3. The number of benzene rings is 1. The minimum absolute atomic E-state index is 0.406. The van der Waals surface area contributed by atoms with Gasteiger partial charge in [-0.05, 0) is 12.1 Å². The number of fused-ring (bicyclic) bond motifs is 1. The maximum absolute atomic E-state index is 10.7. The van der Waals surface area contributed by atoms with Crippen molar-refractivity contribution in [1.82, 2.24) is 4.98 Å². The molecule has 0 amide bonds. The molecule has 4 nitrogen and oxygen atoms in total. The van der Waals surface area contributed by atoms with Crippen molar-refractivity contribution in [2.45, 2.75) is 6.92 Å². The van der Waals surface area contributed by atoms with Gasteiger partial charge in [-0.15, -0.1) is 0 Å². The van der Waals surface area contributed by atoms with Crippen LogP contribution in [0.15, 0.2) is 36.5 Å². The minimum Gasteiger partial charge on any atom is -0.481 e. The molecule has 2 aromatic rings. The molecule has 0 spiro atoms. The number of carboxylic acids is 1. The Hall–Kier alpha value is -2.10. The number of anilines is 1. The van der Waals surface area contributed by atoms with Gasteiger partial charge in [0.25, 0.3) is 0 Å². The van der Waals surface area contributed by atoms with Gasteiger partial charge in [-0.2, -0.15) is 0 Å². The molecule has 0 saturated heterocycles. The van der Waals surface area contributed by atoms with Crippen LogP contribution >= 0.6 is 0 Å². The van der Waals surface area contributed by atoms with Crippen LogP contribution in [0.2, 0.25) is 0 Å². The van der Waals surface area contributed by atoms with Crippen molar-refractivity contribution in [2.75, 3.05) is 11.9 Å². The van der Waals surface area contributed by atoms with Crippen LogP contribution in [0, 0.1) is 5.92 Å². The summed E-state index contributed by atoms with van der Waals surface area (Å²) in [5, 5.41) is 13.0. The van der Waals surface area contributed by atoms with E-state index in [4.69, 9.17) is 5.11 Å². The molecule has 2 N–H and O–H groups in total. The smallest absolute Gasteiger partial charge is 0.308 e. The molecule has 1 unspecified atom stereocenters. The molecule has 88 valence electrons. The summed E-state index contributed by atoms with van der Waals surface area (Å²) in [6, 6.07) is 9.63. The van der Waals surface area contributed by atoms with Gasteiger partial charge in [0.05, 0.1) is 11.4 Å². The molecular formula is C13H14N2O2. The monoisotopic (exact) mass is 230 g/mol. The standard InChI is InChI=1S/C13H14N2O2/c1-9(13(16)17)8-15-12-6-7-14-11-5-3-2-4-10(11)12/h2-7,9H,8H2,1H3,(H,14,15)(H,16,17). The van der Waals surface area contributed by atoms with E-state index in [-0.39, 0.29) is 0 Å². The molecule has 1 aromatic carbocycles. The van der Waals surface area contributed by atoms with Crippen molar-refractivity contribution in [1.29, 1.82) is 0 Å². The summed E-state index contributed by atoms with van der Waals surface area (Å²) < 4.78 is 0. The lowest BCUT2D eigenvalue weighted by molar-refractivity contribution is -0.140. The van der Waals surface area contributed by atoms with E-state index in [9.17, 15) is 4.79 Å². The van der Waals surface area contributed by atoms with E-state index in [1.807, 2.05) is 30.3 Å². The molecule has 4 heteroatoms. The Kier molecular flexibility index (Phi) is 3.23. The number of nitrogens with zero attached hydrogens (tertiary/aromatic N) is 1. The van der Waals surface area contributed by atoms with Crippen LogP contribution in [-0.2, 0) is 4.79 Å². The number of carboxylic acid groups (broad SMARTS) is 1. The number of rotatable bonds is 4. The summed E-state index contributed by atoms with van der Waals surface area (Å²) in [5.74, 6) is -1.21.